The molecule has 0 spiro atoms. The first kappa shape index (κ1) is 15.6. The summed E-state index contributed by atoms with van der Waals surface area (Å²) >= 11 is -4.00. The van der Waals surface area contributed by atoms with E-state index in [0.717, 1.165) is 0 Å². The van der Waals surface area contributed by atoms with Crippen LogP contribution in [0, 0.1) is 0 Å². The predicted octanol–water partition coefficient (Wildman–Crippen LogP) is 1.66. The first-order valence-electron chi connectivity index (χ1n) is 3.41. The van der Waals surface area contributed by atoms with E-state index in [2.05, 4.69) is 51.8 Å². The molecule has 6 heteroatoms. The molecule has 12 heavy (non-hydrogen) atoms. The van der Waals surface area contributed by atoms with Gasteiger partial charge in [0, 0.05) is 12.1 Å². The third-order valence-electron chi connectivity index (χ3n) is 0.667. The van der Waals surface area contributed by atoms with Crippen LogP contribution < -0.4 is 5.32 Å². The van der Waals surface area contributed by atoms with Gasteiger partial charge in [-0.15, -0.1) is 0 Å². The molecular weight excluding hydrogens is 384 g/mol. The summed E-state index contributed by atoms with van der Waals surface area (Å²) in [6.07, 6.45) is 0. The van der Waals surface area contributed by atoms with Crippen LogP contribution >= 0.6 is 18.8 Å². The molecule has 0 radical (unpaired) electrons. The number of nitrogens with one attached hydrogen (secondary N) is 1. The van der Waals surface area contributed by atoms with Crippen molar-refractivity contribution in [3.63, 3.8) is 0 Å². The standard InChI is InChI=1S/C6H15N.2ClH.2H2O.Pt/c1-5(2)7-6(3)4;;;;;/h5-7H,1-4H3;2*1H;2*1H2;/q;;;;;+4/p-4. The van der Waals surface area contributed by atoms with Gasteiger partial charge in [0.1, 0.15) is 0 Å². The number of hydrogen-bond acceptors (Lipinski definition) is 3. The van der Waals surface area contributed by atoms with E-state index in [9.17, 15) is 0 Å². The monoisotopic (exact) mass is 400 g/mol. The van der Waals surface area contributed by atoms with Gasteiger partial charge in [-0.3, -0.25) is 0 Å². The van der Waals surface area contributed by atoms with E-state index in [1.54, 1.807) is 0 Å². The Bertz CT molecular complexity index is 94.2. The molecule has 0 unspecified atom stereocenters. The summed E-state index contributed by atoms with van der Waals surface area (Å²) in [5.74, 6) is 0. The minimum absolute atomic E-state index is 0.625. The van der Waals surface area contributed by atoms with Crippen molar-refractivity contribution in [1.29, 1.82) is 0 Å². The molecule has 0 saturated heterocycles. The minimum atomic E-state index is -4.00. The molecule has 0 aliphatic heterocycles. The Labute approximate surface area is 86.0 Å². The van der Waals surface area contributed by atoms with Gasteiger partial charge in [-0.05, 0) is 0 Å². The molecule has 0 bridgehead atoms. The number of halogens is 2. The fourth-order valence-electron chi connectivity index (χ4n) is 0.667. The zero-order valence-corrected chi connectivity index (χ0v) is 11.4. The first-order chi connectivity index (χ1) is 5.13. The Hall–Kier alpha value is 1.15. The zero-order chi connectivity index (χ0) is 10.4. The summed E-state index contributed by atoms with van der Waals surface area (Å²) < 4.78 is 15.6. The van der Waals surface area contributed by atoms with Gasteiger partial charge in [0.15, 0.2) is 0 Å². The topological polar surface area (TPSA) is 52.5 Å². The van der Waals surface area contributed by atoms with E-state index < -0.39 is 14.7 Å². The van der Waals surface area contributed by atoms with Crippen molar-refractivity contribution in [3.05, 3.63) is 0 Å². The fourth-order valence-corrected chi connectivity index (χ4v) is 0.667. The summed E-state index contributed by atoms with van der Waals surface area (Å²) in [7, 11) is 9.17. The fraction of sp³-hybridized carbons (Fsp3) is 1.00. The average Bonchev–Trinajstić information content (AvgIpc) is 1.52. The molecule has 0 atom stereocenters. The molecule has 0 fully saturated rings. The molecule has 0 heterocycles. The molecule has 3 N–H and O–H groups in total. The van der Waals surface area contributed by atoms with E-state index in [0.29, 0.717) is 12.1 Å². The third-order valence-corrected chi connectivity index (χ3v) is 0.667. The summed E-state index contributed by atoms with van der Waals surface area (Å²) in [4.78, 5) is 0. The van der Waals surface area contributed by atoms with E-state index in [-0.39, 0.29) is 0 Å². The second kappa shape index (κ2) is 7.54. The first-order valence-corrected chi connectivity index (χ1v) is 11.1. The van der Waals surface area contributed by atoms with Crippen LogP contribution in [0.5, 0.6) is 0 Å². The van der Waals surface area contributed by atoms with Gasteiger partial charge in [0.05, 0.1) is 0 Å². The van der Waals surface area contributed by atoms with Gasteiger partial charge in [-0.25, -0.2) is 0 Å². The maximum atomic E-state index is 7.79. The Morgan fingerprint density at radius 2 is 1.17 bits per heavy atom. The molecule has 0 aromatic heterocycles. The van der Waals surface area contributed by atoms with Crippen molar-refractivity contribution in [2.24, 2.45) is 0 Å². The van der Waals surface area contributed by atoms with Gasteiger partial charge < -0.3 is 5.32 Å². The number of hydrogen-bond donors (Lipinski definition) is 3. The van der Waals surface area contributed by atoms with Crippen molar-refractivity contribution in [1.82, 2.24) is 5.32 Å². The van der Waals surface area contributed by atoms with Gasteiger partial charge >= 0.3 is 41.1 Å². The van der Waals surface area contributed by atoms with Crippen LogP contribution in [0.25, 0.3) is 0 Å². The van der Waals surface area contributed by atoms with Crippen LogP contribution in [-0.2, 0) is 14.7 Å². The van der Waals surface area contributed by atoms with Crippen LogP contribution in [0.1, 0.15) is 27.7 Å². The van der Waals surface area contributed by atoms with E-state index in [4.69, 9.17) is 7.52 Å². The second-order valence-corrected chi connectivity index (χ2v) is 11.6. The molecular formula is C6H17Cl2NO2Pt. The van der Waals surface area contributed by atoms with Crippen LogP contribution in [0.4, 0.5) is 0 Å². The quantitative estimate of drug-likeness (QED) is 0.660. The van der Waals surface area contributed by atoms with Gasteiger partial charge in [0.2, 0.25) is 0 Å². The van der Waals surface area contributed by atoms with Crippen LogP contribution in [0.3, 0.4) is 0 Å². The molecule has 0 aromatic rings. The summed E-state index contributed by atoms with van der Waals surface area (Å²) in [6, 6.07) is 1.25. The molecule has 0 amide bonds. The molecule has 0 aliphatic rings. The Morgan fingerprint density at radius 1 is 1.00 bits per heavy atom. The molecule has 0 rings (SSSR count). The van der Waals surface area contributed by atoms with Crippen molar-refractivity contribution in [2.75, 3.05) is 0 Å². The third kappa shape index (κ3) is 43.3. The van der Waals surface area contributed by atoms with Crippen LogP contribution in [-0.4, -0.2) is 19.6 Å². The van der Waals surface area contributed by atoms with E-state index >= 15 is 0 Å². The Balaban J connectivity index is 0. The summed E-state index contributed by atoms with van der Waals surface area (Å²) in [5.41, 5.74) is 0. The van der Waals surface area contributed by atoms with E-state index in [1.165, 1.54) is 0 Å². The maximum absolute atomic E-state index is 7.79. The van der Waals surface area contributed by atoms with E-state index in [1.807, 2.05) is 0 Å². The van der Waals surface area contributed by atoms with Crippen molar-refractivity contribution in [3.8, 4) is 0 Å². The van der Waals surface area contributed by atoms with Gasteiger partial charge in [-0.1, -0.05) is 27.7 Å². The molecule has 3 nitrogen and oxygen atoms in total. The average molecular weight is 401 g/mol. The van der Waals surface area contributed by atoms with Crippen LogP contribution in [0.2, 0.25) is 0 Å². The Kier molecular flexibility index (Phi) is 9.81. The molecule has 0 aromatic carbocycles. The predicted molar refractivity (Wildman–Crippen MR) is 49.6 cm³/mol. The number of rotatable bonds is 2. The van der Waals surface area contributed by atoms with Crippen molar-refractivity contribution >= 4 is 18.8 Å². The van der Waals surface area contributed by atoms with Crippen molar-refractivity contribution in [2.45, 2.75) is 39.8 Å². The second-order valence-electron chi connectivity index (χ2n) is 2.80. The normalized spacial score (nSPS) is 12.8. The van der Waals surface area contributed by atoms with Gasteiger partial charge in [0.25, 0.3) is 0 Å². The summed E-state index contributed by atoms with van der Waals surface area (Å²) in [5, 5.41) is 3.31. The molecule has 82 valence electrons. The van der Waals surface area contributed by atoms with Crippen LogP contribution in [0.15, 0.2) is 0 Å². The Morgan fingerprint density at radius 3 is 1.17 bits per heavy atom. The zero-order valence-electron chi connectivity index (χ0n) is 7.62. The SMILES string of the molecule is CC(C)NC(C)C.[OH][Pt]([OH])([Cl])[Cl]. The van der Waals surface area contributed by atoms with Gasteiger partial charge in [-0.2, -0.15) is 0 Å². The summed E-state index contributed by atoms with van der Waals surface area (Å²) in [6.45, 7) is 8.61. The van der Waals surface area contributed by atoms with Crippen molar-refractivity contribution < 1.29 is 22.3 Å². The molecule has 0 saturated carbocycles. The molecule has 0 aliphatic carbocycles.